The van der Waals surface area contributed by atoms with Gasteiger partial charge in [-0.15, -0.1) is 0 Å². The van der Waals surface area contributed by atoms with Gasteiger partial charge in [0.25, 0.3) is 0 Å². The highest BCUT2D eigenvalue weighted by Crippen LogP contribution is 2.27. The van der Waals surface area contributed by atoms with Gasteiger partial charge in [0.15, 0.2) is 23.0 Å². The van der Waals surface area contributed by atoms with Crippen molar-refractivity contribution in [3.05, 3.63) is 98.8 Å². The average molecular weight is 415 g/mol. The fraction of sp³-hybridized carbons (Fsp3) is 0.0952. The Kier molecular flexibility index (Phi) is 4.98. The van der Waals surface area contributed by atoms with Gasteiger partial charge in [-0.1, -0.05) is 17.7 Å². The van der Waals surface area contributed by atoms with Crippen molar-refractivity contribution in [3.8, 4) is 0 Å². The van der Waals surface area contributed by atoms with E-state index in [0.717, 1.165) is 17.7 Å². The Morgan fingerprint density at radius 1 is 1.10 bits per heavy atom. The molecule has 29 heavy (non-hydrogen) atoms. The molecule has 0 aliphatic carbocycles. The van der Waals surface area contributed by atoms with E-state index in [-0.39, 0.29) is 16.2 Å². The number of ketones is 1. The summed E-state index contributed by atoms with van der Waals surface area (Å²) in [5.41, 5.74) is 0.991. The number of oxazole rings is 1. The van der Waals surface area contributed by atoms with E-state index in [2.05, 4.69) is 4.98 Å². The number of hydrogen-bond donors (Lipinski definition) is 0. The lowest BCUT2D eigenvalue weighted by atomic mass is 10.0. The SMILES string of the molecule is O=C(c1cc2oc(=O)n(CCc3ccncc3)c2cc1Cl)c1cccc(F)c1F. The number of hydrogen-bond acceptors (Lipinski definition) is 4. The smallest absolute Gasteiger partial charge is 0.408 e. The van der Waals surface area contributed by atoms with E-state index in [1.54, 1.807) is 12.4 Å². The largest absolute Gasteiger partial charge is 0.419 e. The topological polar surface area (TPSA) is 65.1 Å². The van der Waals surface area contributed by atoms with Crippen molar-refractivity contribution in [1.82, 2.24) is 9.55 Å². The number of halogens is 3. The molecule has 0 bridgehead atoms. The van der Waals surface area contributed by atoms with Gasteiger partial charge in [0, 0.05) is 24.5 Å². The van der Waals surface area contributed by atoms with Crippen LogP contribution in [0.2, 0.25) is 5.02 Å². The molecule has 2 heterocycles. The van der Waals surface area contributed by atoms with E-state index in [1.807, 2.05) is 12.1 Å². The van der Waals surface area contributed by atoms with Crippen LogP contribution in [0.15, 0.2) is 64.1 Å². The first-order valence-electron chi connectivity index (χ1n) is 8.66. The van der Waals surface area contributed by atoms with Crippen molar-refractivity contribution in [1.29, 1.82) is 0 Å². The molecule has 0 atom stereocenters. The number of carbonyl (C=O) groups excluding carboxylic acids is 1. The van der Waals surface area contributed by atoms with Crippen molar-refractivity contribution >= 4 is 28.5 Å². The van der Waals surface area contributed by atoms with E-state index in [4.69, 9.17) is 16.0 Å². The monoisotopic (exact) mass is 414 g/mol. The van der Waals surface area contributed by atoms with Crippen molar-refractivity contribution in [3.63, 3.8) is 0 Å². The molecule has 0 unspecified atom stereocenters. The summed E-state index contributed by atoms with van der Waals surface area (Å²) in [6.07, 6.45) is 3.88. The molecular weight excluding hydrogens is 402 g/mol. The summed E-state index contributed by atoms with van der Waals surface area (Å²) < 4.78 is 34.1. The molecule has 0 N–H and O–H groups in total. The van der Waals surface area contributed by atoms with Gasteiger partial charge in [-0.2, -0.15) is 0 Å². The fourth-order valence-corrected chi connectivity index (χ4v) is 3.33. The molecule has 4 rings (SSSR count). The highest BCUT2D eigenvalue weighted by molar-refractivity contribution is 6.35. The summed E-state index contributed by atoms with van der Waals surface area (Å²) >= 11 is 6.24. The minimum atomic E-state index is -1.26. The second-order valence-electron chi connectivity index (χ2n) is 6.36. The molecule has 0 spiro atoms. The molecule has 2 aromatic carbocycles. The van der Waals surface area contributed by atoms with Crippen LogP contribution < -0.4 is 5.76 Å². The van der Waals surface area contributed by atoms with Crippen LogP contribution in [0.25, 0.3) is 11.1 Å². The zero-order valence-electron chi connectivity index (χ0n) is 14.9. The summed E-state index contributed by atoms with van der Waals surface area (Å²) in [6.45, 7) is 0.331. The molecule has 8 heteroatoms. The van der Waals surface area contributed by atoms with Crippen molar-refractivity contribution < 1.29 is 18.0 Å². The summed E-state index contributed by atoms with van der Waals surface area (Å²) in [7, 11) is 0. The maximum absolute atomic E-state index is 14.0. The average Bonchev–Trinajstić information content (AvgIpc) is 3.02. The number of carbonyl (C=O) groups is 1. The van der Waals surface area contributed by atoms with Crippen LogP contribution in [0.1, 0.15) is 21.5 Å². The van der Waals surface area contributed by atoms with E-state index >= 15 is 0 Å². The van der Waals surface area contributed by atoms with Gasteiger partial charge in [-0.3, -0.25) is 14.3 Å². The first kappa shape index (κ1) is 19.0. The second-order valence-corrected chi connectivity index (χ2v) is 6.76. The number of benzene rings is 2. The Morgan fingerprint density at radius 3 is 2.62 bits per heavy atom. The van der Waals surface area contributed by atoms with Gasteiger partial charge in [0.1, 0.15) is 0 Å². The zero-order valence-corrected chi connectivity index (χ0v) is 15.6. The minimum absolute atomic E-state index is 0.00428. The van der Waals surface area contributed by atoms with Crippen LogP contribution in [0, 0.1) is 11.6 Å². The maximum atomic E-state index is 14.0. The summed E-state index contributed by atoms with van der Waals surface area (Å²) in [4.78, 5) is 28.9. The minimum Gasteiger partial charge on any atom is -0.408 e. The Bertz CT molecular complexity index is 1280. The lowest BCUT2D eigenvalue weighted by Crippen LogP contribution is -2.15. The van der Waals surface area contributed by atoms with Crippen molar-refractivity contribution in [2.75, 3.05) is 0 Å². The molecule has 146 valence electrons. The van der Waals surface area contributed by atoms with Gasteiger partial charge in [0.05, 0.1) is 16.1 Å². The number of rotatable bonds is 5. The van der Waals surface area contributed by atoms with Crippen LogP contribution >= 0.6 is 11.6 Å². The van der Waals surface area contributed by atoms with Crippen LogP contribution in [0.4, 0.5) is 8.78 Å². The zero-order chi connectivity index (χ0) is 20.5. The summed E-state index contributed by atoms with van der Waals surface area (Å²) in [5, 5.41) is 0.00428. The number of aromatic nitrogens is 2. The molecule has 0 fully saturated rings. The lowest BCUT2D eigenvalue weighted by molar-refractivity contribution is 0.103. The summed E-state index contributed by atoms with van der Waals surface area (Å²) in [5.74, 6) is -3.81. The fourth-order valence-electron chi connectivity index (χ4n) is 3.08. The molecule has 0 saturated carbocycles. The Morgan fingerprint density at radius 2 is 1.86 bits per heavy atom. The summed E-state index contributed by atoms with van der Waals surface area (Å²) in [6, 6.07) is 9.67. The first-order chi connectivity index (χ1) is 14.0. The van der Waals surface area contributed by atoms with Crippen molar-refractivity contribution in [2.24, 2.45) is 0 Å². The van der Waals surface area contributed by atoms with Gasteiger partial charge < -0.3 is 4.42 Å². The molecule has 4 aromatic rings. The molecule has 5 nitrogen and oxygen atoms in total. The van der Waals surface area contributed by atoms with Gasteiger partial charge in [0.2, 0.25) is 0 Å². The van der Waals surface area contributed by atoms with E-state index < -0.39 is 28.7 Å². The maximum Gasteiger partial charge on any atom is 0.419 e. The number of nitrogens with zero attached hydrogens (tertiary/aromatic N) is 2. The Labute approximate surface area is 168 Å². The molecule has 2 aromatic heterocycles. The number of aryl methyl sites for hydroxylation is 2. The Hall–Kier alpha value is -3.32. The van der Waals surface area contributed by atoms with Crippen LogP contribution in [-0.4, -0.2) is 15.3 Å². The molecule has 0 aliphatic heterocycles. The molecule has 0 radical (unpaired) electrons. The Balaban J connectivity index is 1.72. The highest BCUT2D eigenvalue weighted by Gasteiger charge is 2.22. The van der Waals surface area contributed by atoms with E-state index in [0.29, 0.717) is 18.5 Å². The van der Waals surface area contributed by atoms with Crippen molar-refractivity contribution in [2.45, 2.75) is 13.0 Å². The third-order valence-electron chi connectivity index (χ3n) is 4.57. The third-order valence-corrected chi connectivity index (χ3v) is 4.88. The molecule has 0 amide bonds. The van der Waals surface area contributed by atoms with Crippen LogP contribution in [0.3, 0.4) is 0 Å². The third kappa shape index (κ3) is 3.56. The molecule has 0 aliphatic rings. The van der Waals surface area contributed by atoms with Crippen LogP contribution in [-0.2, 0) is 13.0 Å². The van der Waals surface area contributed by atoms with E-state index in [9.17, 15) is 18.4 Å². The number of pyridine rings is 1. The standard InChI is InChI=1S/C21H13ClF2N2O3/c22-15-11-17-18(10-14(15)20(27)13-2-1-3-16(23)19(13)24)29-21(28)26(17)9-6-12-4-7-25-8-5-12/h1-5,7-8,10-11H,6,9H2. The predicted octanol–water partition coefficient (Wildman–Crippen LogP) is 4.39. The lowest BCUT2D eigenvalue weighted by Gasteiger charge is -2.07. The quantitative estimate of drug-likeness (QED) is 0.454. The van der Waals surface area contributed by atoms with Crippen LogP contribution in [0.5, 0.6) is 0 Å². The predicted molar refractivity (Wildman–Crippen MR) is 103 cm³/mol. The molecular formula is C21H13ClF2N2O3. The number of fused-ring (bicyclic) bond motifs is 1. The van der Waals surface area contributed by atoms with E-state index in [1.165, 1.54) is 22.8 Å². The molecule has 0 saturated heterocycles. The highest BCUT2D eigenvalue weighted by atomic mass is 35.5. The van der Waals surface area contributed by atoms with Gasteiger partial charge >= 0.3 is 5.76 Å². The first-order valence-corrected chi connectivity index (χ1v) is 9.04. The van der Waals surface area contributed by atoms with Gasteiger partial charge in [-0.05, 0) is 48.4 Å². The normalized spacial score (nSPS) is 11.1. The second kappa shape index (κ2) is 7.60. The van der Waals surface area contributed by atoms with Gasteiger partial charge in [-0.25, -0.2) is 13.6 Å².